The Kier molecular flexibility index (Phi) is 3.24. The Morgan fingerprint density at radius 1 is 1.50 bits per heavy atom. The summed E-state index contributed by atoms with van der Waals surface area (Å²) < 4.78 is 17.1. The van der Waals surface area contributed by atoms with E-state index >= 15 is 0 Å². The molecule has 0 unspecified atom stereocenters. The Morgan fingerprint density at radius 2 is 2.21 bits per heavy atom. The van der Waals surface area contributed by atoms with Gasteiger partial charge in [0, 0.05) is 11.5 Å². The van der Waals surface area contributed by atoms with Gasteiger partial charge in [-0.15, -0.1) is 0 Å². The summed E-state index contributed by atoms with van der Waals surface area (Å²) >= 11 is 0. The molecular formula is C11H9FO2. The third-order valence-electron chi connectivity index (χ3n) is 1.68. The van der Waals surface area contributed by atoms with Crippen molar-refractivity contribution in [1.29, 1.82) is 0 Å². The summed E-state index contributed by atoms with van der Waals surface area (Å²) in [4.78, 5) is 10.7. The number of carbonyl (C=O) groups is 1. The number of carbonyl (C=O) groups excluding carboxylic acids is 1. The highest BCUT2D eigenvalue weighted by Gasteiger charge is 1.97. The molecular weight excluding hydrogens is 183 g/mol. The van der Waals surface area contributed by atoms with Crippen molar-refractivity contribution in [2.24, 2.45) is 0 Å². The molecule has 0 amide bonds. The predicted octanol–water partition coefficient (Wildman–Crippen LogP) is 1.66. The van der Waals surface area contributed by atoms with Crippen molar-refractivity contribution < 1.29 is 13.9 Å². The monoisotopic (exact) mass is 192 g/mol. The van der Waals surface area contributed by atoms with E-state index in [9.17, 15) is 9.18 Å². The summed E-state index contributed by atoms with van der Waals surface area (Å²) in [6.45, 7) is 1.79. The Hall–Kier alpha value is -1.82. The molecule has 72 valence electrons. The minimum atomic E-state index is -0.631. The lowest BCUT2D eigenvalue weighted by Gasteiger charge is -1.96. The maximum Gasteiger partial charge on any atom is 0.384 e. The lowest BCUT2D eigenvalue weighted by atomic mass is 10.1. The van der Waals surface area contributed by atoms with Crippen LogP contribution < -0.4 is 0 Å². The Bertz CT molecular complexity index is 413. The number of esters is 1. The SMILES string of the molecule is COC(=O)C#Cc1cc(F)ccc1C. The molecule has 0 atom stereocenters. The minimum Gasteiger partial charge on any atom is -0.459 e. The molecule has 3 heteroatoms. The van der Waals surface area contributed by atoms with Crippen LogP contribution in [0.15, 0.2) is 18.2 Å². The third kappa shape index (κ3) is 2.60. The van der Waals surface area contributed by atoms with Gasteiger partial charge in [-0.2, -0.15) is 0 Å². The van der Waals surface area contributed by atoms with Gasteiger partial charge in [-0.25, -0.2) is 9.18 Å². The molecule has 0 aliphatic carbocycles. The van der Waals surface area contributed by atoms with Gasteiger partial charge >= 0.3 is 5.97 Å². The molecule has 1 rings (SSSR count). The fourth-order valence-electron chi connectivity index (χ4n) is 0.898. The van der Waals surface area contributed by atoms with E-state index < -0.39 is 5.97 Å². The molecule has 2 nitrogen and oxygen atoms in total. The summed E-state index contributed by atoms with van der Waals surface area (Å²) in [6, 6.07) is 4.24. The van der Waals surface area contributed by atoms with Gasteiger partial charge in [-0.3, -0.25) is 0 Å². The van der Waals surface area contributed by atoms with Crippen LogP contribution >= 0.6 is 0 Å². The molecule has 0 N–H and O–H groups in total. The van der Waals surface area contributed by atoms with Crippen LogP contribution in [0.2, 0.25) is 0 Å². The number of ether oxygens (including phenoxy) is 1. The van der Waals surface area contributed by atoms with Crippen LogP contribution in [0.1, 0.15) is 11.1 Å². The van der Waals surface area contributed by atoms with Gasteiger partial charge in [-0.05, 0) is 24.6 Å². The molecule has 0 saturated heterocycles. The fraction of sp³-hybridized carbons (Fsp3) is 0.182. The van der Waals surface area contributed by atoms with E-state index in [-0.39, 0.29) is 5.82 Å². The van der Waals surface area contributed by atoms with E-state index in [0.717, 1.165) is 5.56 Å². The van der Waals surface area contributed by atoms with Crippen LogP contribution in [0.3, 0.4) is 0 Å². The first kappa shape index (κ1) is 10.3. The zero-order valence-corrected chi connectivity index (χ0v) is 7.93. The summed E-state index contributed by atoms with van der Waals surface area (Å²) in [5.74, 6) is 3.78. The first-order valence-corrected chi connectivity index (χ1v) is 3.99. The highest BCUT2D eigenvalue weighted by molar-refractivity contribution is 5.89. The normalized spacial score (nSPS) is 8.79. The summed E-state index contributed by atoms with van der Waals surface area (Å²) in [5, 5.41) is 0. The van der Waals surface area contributed by atoms with Crippen molar-refractivity contribution >= 4 is 5.97 Å². The number of hydrogen-bond donors (Lipinski definition) is 0. The molecule has 0 radical (unpaired) electrons. The van der Waals surface area contributed by atoms with Crippen molar-refractivity contribution in [3.05, 3.63) is 35.1 Å². The second-order valence-corrected chi connectivity index (χ2v) is 2.70. The number of benzene rings is 1. The predicted molar refractivity (Wildman–Crippen MR) is 50.0 cm³/mol. The van der Waals surface area contributed by atoms with Crippen molar-refractivity contribution in [2.45, 2.75) is 6.92 Å². The minimum absolute atomic E-state index is 0.371. The zero-order valence-electron chi connectivity index (χ0n) is 7.93. The summed E-state index contributed by atoms with van der Waals surface area (Å²) in [5.41, 5.74) is 1.32. The van der Waals surface area contributed by atoms with E-state index in [0.29, 0.717) is 5.56 Å². The average molecular weight is 192 g/mol. The molecule has 0 fully saturated rings. The standard InChI is InChI=1S/C11H9FO2/c1-8-3-5-10(12)7-9(8)4-6-11(13)14-2/h3,5,7H,1-2H3. The Balaban J connectivity index is 3.00. The molecule has 0 spiro atoms. The van der Waals surface area contributed by atoms with Crippen molar-refractivity contribution in [1.82, 2.24) is 0 Å². The highest BCUT2D eigenvalue weighted by Crippen LogP contribution is 2.08. The number of hydrogen-bond acceptors (Lipinski definition) is 2. The quantitative estimate of drug-likeness (QED) is 0.461. The third-order valence-corrected chi connectivity index (χ3v) is 1.68. The fourth-order valence-corrected chi connectivity index (χ4v) is 0.898. The van der Waals surface area contributed by atoms with Crippen molar-refractivity contribution in [3.63, 3.8) is 0 Å². The topological polar surface area (TPSA) is 26.3 Å². The Labute approximate surface area is 81.7 Å². The molecule has 1 aromatic rings. The molecule has 1 aromatic carbocycles. The summed E-state index contributed by atoms with van der Waals surface area (Å²) in [6.07, 6.45) is 0. The molecule has 0 saturated carbocycles. The molecule has 14 heavy (non-hydrogen) atoms. The van der Waals surface area contributed by atoms with E-state index in [1.54, 1.807) is 13.0 Å². The van der Waals surface area contributed by atoms with Crippen molar-refractivity contribution in [2.75, 3.05) is 7.11 Å². The maximum atomic E-state index is 12.8. The van der Waals surface area contributed by atoms with Gasteiger partial charge in [0.05, 0.1) is 7.11 Å². The van der Waals surface area contributed by atoms with E-state index in [4.69, 9.17) is 0 Å². The molecule has 0 aliphatic heterocycles. The van der Waals surface area contributed by atoms with Crippen LogP contribution in [0.4, 0.5) is 4.39 Å². The van der Waals surface area contributed by atoms with Gasteiger partial charge in [0.1, 0.15) is 5.82 Å². The zero-order chi connectivity index (χ0) is 10.6. The van der Waals surface area contributed by atoms with Crippen LogP contribution in [0.25, 0.3) is 0 Å². The largest absolute Gasteiger partial charge is 0.459 e. The van der Waals surface area contributed by atoms with Crippen LogP contribution in [-0.4, -0.2) is 13.1 Å². The Morgan fingerprint density at radius 3 is 2.86 bits per heavy atom. The molecule has 0 heterocycles. The van der Waals surface area contributed by atoms with E-state index in [1.165, 1.54) is 19.2 Å². The van der Waals surface area contributed by atoms with Gasteiger partial charge in [0.2, 0.25) is 0 Å². The van der Waals surface area contributed by atoms with Gasteiger partial charge in [-0.1, -0.05) is 12.0 Å². The number of halogens is 1. The first-order valence-electron chi connectivity index (χ1n) is 3.99. The first-order chi connectivity index (χ1) is 6.63. The maximum absolute atomic E-state index is 12.8. The second kappa shape index (κ2) is 4.43. The smallest absolute Gasteiger partial charge is 0.384 e. The lowest BCUT2D eigenvalue weighted by Crippen LogP contribution is -1.95. The van der Waals surface area contributed by atoms with E-state index in [2.05, 4.69) is 16.6 Å². The summed E-state index contributed by atoms with van der Waals surface area (Å²) in [7, 11) is 1.25. The highest BCUT2D eigenvalue weighted by atomic mass is 19.1. The molecule has 0 aromatic heterocycles. The average Bonchev–Trinajstić information content (AvgIpc) is 2.19. The van der Waals surface area contributed by atoms with Gasteiger partial charge in [0.15, 0.2) is 0 Å². The lowest BCUT2D eigenvalue weighted by molar-refractivity contribution is -0.133. The number of methoxy groups -OCH3 is 1. The van der Waals surface area contributed by atoms with Gasteiger partial charge < -0.3 is 4.74 Å². The molecule has 0 bridgehead atoms. The molecule has 0 aliphatic rings. The van der Waals surface area contributed by atoms with Crippen LogP contribution in [0, 0.1) is 24.6 Å². The van der Waals surface area contributed by atoms with Gasteiger partial charge in [0.25, 0.3) is 0 Å². The van der Waals surface area contributed by atoms with Crippen LogP contribution in [0.5, 0.6) is 0 Å². The number of aryl methyl sites for hydroxylation is 1. The van der Waals surface area contributed by atoms with E-state index in [1.807, 2.05) is 0 Å². The van der Waals surface area contributed by atoms with Crippen LogP contribution in [-0.2, 0) is 9.53 Å². The number of rotatable bonds is 0. The second-order valence-electron chi connectivity index (χ2n) is 2.70. The van der Waals surface area contributed by atoms with Crippen molar-refractivity contribution in [3.8, 4) is 11.8 Å².